The molecular formula is C10H19NO. The Bertz CT molecular complexity index is 148. The molecule has 0 aromatic heterocycles. The SMILES string of the molecule is C=C(C)CCN1CCC(O)CC1. The molecule has 0 aromatic rings. The maximum absolute atomic E-state index is 9.26. The van der Waals surface area contributed by atoms with Gasteiger partial charge in [0.25, 0.3) is 0 Å². The summed E-state index contributed by atoms with van der Waals surface area (Å²) >= 11 is 0. The lowest BCUT2D eigenvalue weighted by Gasteiger charge is -2.29. The fourth-order valence-electron chi connectivity index (χ4n) is 1.49. The molecule has 1 N–H and O–H groups in total. The molecular weight excluding hydrogens is 150 g/mol. The lowest BCUT2D eigenvalue weighted by Crippen LogP contribution is -2.36. The average Bonchev–Trinajstić information content (AvgIpc) is 2.03. The predicted octanol–water partition coefficient (Wildman–Crippen LogP) is 1.41. The van der Waals surface area contributed by atoms with Crippen LogP contribution in [0.5, 0.6) is 0 Å². The molecule has 0 unspecified atom stereocenters. The Morgan fingerprint density at radius 3 is 2.58 bits per heavy atom. The summed E-state index contributed by atoms with van der Waals surface area (Å²) in [5, 5.41) is 9.26. The average molecular weight is 169 g/mol. The predicted molar refractivity (Wildman–Crippen MR) is 51.1 cm³/mol. The number of piperidine rings is 1. The van der Waals surface area contributed by atoms with E-state index in [0.29, 0.717) is 0 Å². The summed E-state index contributed by atoms with van der Waals surface area (Å²) in [6.07, 6.45) is 2.92. The van der Waals surface area contributed by atoms with Crippen LogP contribution in [0.3, 0.4) is 0 Å². The third-order valence-corrected chi connectivity index (χ3v) is 2.41. The van der Waals surface area contributed by atoms with E-state index in [1.807, 2.05) is 0 Å². The summed E-state index contributed by atoms with van der Waals surface area (Å²) < 4.78 is 0. The number of likely N-dealkylation sites (tertiary alicyclic amines) is 1. The molecule has 12 heavy (non-hydrogen) atoms. The van der Waals surface area contributed by atoms with Gasteiger partial charge in [0.2, 0.25) is 0 Å². The van der Waals surface area contributed by atoms with Crippen LogP contribution in [0.4, 0.5) is 0 Å². The maximum atomic E-state index is 9.26. The fraction of sp³-hybridized carbons (Fsp3) is 0.800. The molecule has 0 amide bonds. The second kappa shape index (κ2) is 4.63. The van der Waals surface area contributed by atoms with E-state index in [9.17, 15) is 5.11 Å². The van der Waals surface area contributed by atoms with Gasteiger partial charge < -0.3 is 10.0 Å². The summed E-state index contributed by atoms with van der Waals surface area (Å²) in [7, 11) is 0. The van der Waals surface area contributed by atoms with Crippen LogP contribution in [0.2, 0.25) is 0 Å². The summed E-state index contributed by atoms with van der Waals surface area (Å²) in [6.45, 7) is 9.16. The third-order valence-electron chi connectivity index (χ3n) is 2.41. The highest BCUT2D eigenvalue weighted by molar-refractivity contribution is 4.89. The number of rotatable bonds is 3. The molecule has 2 nitrogen and oxygen atoms in total. The highest BCUT2D eigenvalue weighted by Crippen LogP contribution is 2.10. The molecule has 0 aromatic carbocycles. The molecule has 1 heterocycles. The number of hydrogen-bond donors (Lipinski definition) is 1. The highest BCUT2D eigenvalue weighted by atomic mass is 16.3. The van der Waals surface area contributed by atoms with Crippen LogP contribution in [0.15, 0.2) is 12.2 Å². The van der Waals surface area contributed by atoms with Crippen molar-refractivity contribution in [3.63, 3.8) is 0 Å². The Balaban J connectivity index is 2.13. The first-order valence-electron chi connectivity index (χ1n) is 4.73. The highest BCUT2D eigenvalue weighted by Gasteiger charge is 2.15. The first-order valence-corrected chi connectivity index (χ1v) is 4.73. The summed E-state index contributed by atoms with van der Waals surface area (Å²) in [6, 6.07) is 0. The van der Waals surface area contributed by atoms with E-state index in [2.05, 4.69) is 18.4 Å². The standard InChI is InChI=1S/C10H19NO/c1-9(2)3-6-11-7-4-10(12)5-8-11/h10,12H,1,3-8H2,2H3. The molecule has 1 rings (SSSR count). The summed E-state index contributed by atoms with van der Waals surface area (Å²) in [5.74, 6) is 0. The lowest BCUT2D eigenvalue weighted by atomic mass is 10.1. The molecule has 1 saturated heterocycles. The van der Waals surface area contributed by atoms with Crippen LogP contribution in [0.25, 0.3) is 0 Å². The zero-order valence-corrected chi connectivity index (χ0v) is 7.92. The van der Waals surface area contributed by atoms with Crippen molar-refractivity contribution in [2.45, 2.75) is 32.3 Å². The second-order valence-electron chi connectivity index (χ2n) is 3.78. The number of aliphatic hydroxyl groups excluding tert-OH is 1. The van der Waals surface area contributed by atoms with Crippen LogP contribution in [-0.2, 0) is 0 Å². The van der Waals surface area contributed by atoms with Gasteiger partial charge in [0.05, 0.1) is 6.10 Å². The van der Waals surface area contributed by atoms with Crippen LogP contribution < -0.4 is 0 Å². The molecule has 1 fully saturated rings. The zero-order valence-electron chi connectivity index (χ0n) is 7.92. The van der Waals surface area contributed by atoms with Crippen LogP contribution in [-0.4, -0.2) is 35.7 Å². The van der Waals surface area contributed by atoms with Crippen molar-refractivity contribution in [2.24, 2.45) is 0 Å². The van der Waals surface area contributed by atoms with E-state index < -0.39 is 0 Å². The number of nitrogens with zero attached hydrogens (tertiary/aromatic N) is 1. The molecule has 0 bridgehead atoms. The Morgan fingerprint density at radius 2 is 2.08 bits per heavy atom. The normalized spacial score (nSPS) is 21.2. The van der Waals surface area contributed by atoms with Gasteiger partial charge in [-0.25, -0.2) is 0 Å². The molecule has 70 valence electrons. The minimum Gasteiger partial charge on any atom is -0.393 e. The van der Waals surface area contributed by atoms with Gasteiger partial charge >= 0.3 is 0 Å². The molecule has 1 aliphatic heterocycles. The van der Waals surface area contributed by atoms with Gasteiger partial charge in [-0.15, -0.1) is 6.58 Å². The van der Waals surface area contributed by atoms with Gasteiger partial charge in [-0.2, -0.15) is 0 Å². The van der Waals surface area contributed by atoms with E-state index in [-0.39, 0.29) is 6.10 Å². The molecule has 1 aliphatic rings. The van der Waals surface area contributed by atoms with E-state index in [1.54, 1.807) is 0 Å². The van der Waals surface area contributed by atoms with Gasteiger partial charge in [0.15, 0.2) is 0 Å². The Hall–Kier alpha value is -0.340. The van der Waals surface area contributed by atoms with E-state index >= 15 is 0 Å². The van der Waals surface area contributed by atoms with Gasteiger partial charge in [-0.3, -0.25) is 0 Å². The van der Waals surface area contributed by atoms with Crippen molar-refractivity contribution in [1.29, 1.82) is 0 Å². The van der Waals surface area contributed by atoms with Crippen molar-refractivity contribution in [2.75, 3.05) is 19.6 Å². The first kappa shape index (κ1) is 9.75. The van der Waals surface area contributed by atoms with Crippen molar-refractivity contribution >= 4 is 0 Å². The van der Waals surface area contributed by atoms with Crippen molar-refractivity contribution in [3.05, 3.63) is 12.2 Å². The van der Waals surface area contributed by atoms with E-state index in [0.717, 1.165) is 38.9 Å². The molecule has 0 atom stereocenters. The number of hydrogen-bond acceptors (Lipinski definition) is 2. The fourth-order valence-corrected chi connectivity index (χ4v) is 1.49. The smallest absolute Gasteiger partial charge is 0.0564 e. The van der Waals surface area contributed by atoms with Crippen LogP contribution in [0, 0.1) is 0 Å². The third kappa shape index (κ3) is 3.37. The molecule has 0 saturated carbocycles. The zero-order chi connectivity index (χ0) is 8.97. The minimum atomic E-state index is -0.0499. The first-order chi connectivity index (χ1) is 5.68. The van der Waals surface area contributed by atoms with Gasteiger partial charge in [-0.1, -0.05) is 5.57 Å². The van der Waals surface area contributed by atoms with Crippen LogP contribution in [0.1, 0.15) is 26.2 Å². The molecule has 0 aliphatic carbocycles. The van der Waals surface area contributed by atoms with Gasteiger partial charge in [-0.05, 0) is 26.2 Å². The minimum absolute atomic E-state index is 0.0499. The van der Waals surface area contributed by atoms with Crippen molar-refractivity contribution in [1.82, 2.24) is 4.90 Å². The number of aliphatic hydroxyl groups is 1. The lowest BCUT2D eigenvalue weighted by molar-refractivity contribution is 0.0832. The quantitative estimate of drug-likeness (QED) is 0.646. The molecule has 2 heteroatoms. The van der Waals surface area contributed by atoms with Gasteiger partial charge in [0.1, 0.15) is 0 Å². The monoisotopic (exact) mass is 169 g/mol. The van der Waals surface area contributed by atoms with E-state index in [4.69, 9.17) is 0 Å². The Labute approximate surface area is 74.9 Å². The molecule has 0 spiro atoms. The van der Waals surface area contributed by atoms with Crippen molar-refractivity contribution < 1.29 is 5.11 Å². The second-order valence-corrected chi connectivity index (χ2v) is 3.78. The largest absolute Gasteiger partial charge is 0.393 e. The van der Waals surface area contributed by atoms with Gasteiger partial charge in [0, 0.05) is 19.6 Å². The Kier molecular flexibility index (Phi) is 3.76. The molecule has 0 radical (unpaired) electrons. The maximum Gasteiger partial charge on any atom is 0.0564 e. The van der Waals surface area contributed by atoms with E-state index in [1.165, 1.54) is 5.57 Å². The summed E-state index contributed by atoms with van der Waals surface area (Å²) in [4.78, 5) is 2.40. The summed E-state index contributed by atoms with van der Waals surface area (Å²) in [5.41, 5.74) is 1.25. The Morgan fingerprint density at radius 1 is 1.50 bits per heavy atom. The van der Waals surface area contributed by atoms with Crippen LogP contribution >= 0.6 is 0 Å². The van der Waals surface area contributed by atoms with Crippen molar-refractivity contribution in [3.8, 4) is 0 Å². The topological polar surface area (TPSA) is 23.5 Å².